The Morgan fingerprint density at radius 1 is 0.328 bits per heavy atom. The molecule has 0 heterocycles. The first kappa shape index (κ1) is 60.9. The van der Waals surface area contributed by atoms with Crippen LogP contribution < -0.4 is 0 Å². The average molecular weight is 893 g/mol. The zero-order valence-corrected chi connectivity index (χ0v) is 42.0. The first-order valence-corrected chi connectivity index (χ1v) is 26.9. The Hall–Kier alpha value is -3.15. The molecule has 0 N–H and O–H groups in total. The predicted molar refractivity (Wildman–Crippen MR) is 274 cm³/mol. The lowest BCUT2D eigenvalue weighted by Gasteiger charge is -2.18. The average Bonchev–Trinajstić information content (AvgIpc) is 3.29. The van der Waals surface area contributed by atoms with Crippen LogP contribution in [-0.4, -0.2) is 37.2 Å². The molecule has 0 aromatic carbocycles. The molecule has 0 spiro atoms. The van der Waals surface area contributed by atoms with Gasteiger partial charge in [-0.3, -0.25) is 14.4 Å². The van der Waals surface area contributed by atoms with Gasteiger partial charge in [0.05, 0.1) is 0 Å². The summed E-state index contributed by atoms with van der Waals surface area (Å²) >= 11 is 0. The number of rotatable bonds is 48. The van der Waals surface area contributed by atoms with Gasteiger partial charge in [0.1, 0.15) is 13.2 Å². The third-order valence-corrected chi connectivity index (χ3v) is 11.4. The Kier molecular flexibility index (Phi) is 49.9. The van der Waals surface area contributed by atoms with Crippen LogP contribution in [0, 0.1) is 0 Å². The van der Waals surface area contributed by atoms with Crippen molar-refractivity contribution in [2.75, 3.05) is 13.2 Å². The minimum absolute atomic E-state index is 0.0844. The van der Waals surface area contributed by atoms with Gasteiger partial charge in [-0.05, 0) is 89.9 Å². The minimum atomic E-state index is -0.784. The van der Waals surface area contributed by atoms with E-state index in [1.807, 2.05) is 0 Å². The SMILES string of the molecule is CC/C=C\C/C=C\C/C=C\C/C=C\C/C=C\CCCCCCCC(=O)OCC(COC(=O)CCCCCCC/C=C\CCCCC)OC(=O)CCCCCCCCCCCCCCC. The molecule has 368 valence electrons. The Labute approximate surface area is 395 Å². The normalized spacial score (nSPS) is 12.6. The highest BCUT2D eigenvalue weighted by Gasteiger charge is 2.19. The highest BCUT2D eigenvalue weighted by atomic mass is 16.6. The summed E-state index contributed by atoms with van der Waals surface area (Å²) in [5, 5.41) is 0. The molecule has 64 heavy (non-hydrogen) atoms. The van der Waals surface area contributed by atoms with Gasteiger partial charge in [-0.1, -0.05) is 222 Å². The summed E-state index contributed by atoms with van der Waals surface area (Å²) in [6, 6.07) is 0. The molecule has 1 unspecified atom stereocenters. The Morgan fingerprint density at radius 3 is 1.00 bits per heavy atom. The molecule has 0 radical (unpaired) electrons. The molecule has 0 aromatic heterocycles. The summed E-state index contributed by atoms with van der Waals surface area (Å²) in [6.45, 7) is 6.48. The fourth-order valence-corrected chi connectivity index (χ4v) is 7.40. The highest BCUT2D eigenvalue weighted by Crippen LogP contribution is 2.15. The lowest BCUT2D eigenvalue weighted by Crippen LogP contribution is -2.30. The van der Waals surface area contributed by atoms with E-state index in [-0.39, 0.29) is 31.1 Å². The van der Waals surface area contributed by atoms with Crippen LogP contribution in [0.4, 0.5) is 0 Å². The molecule has 0 aliphatic carbocycles. The first-order valence-electron chi connectivity index (χ1n) is 26.9. The number of hydrogen-bond donors (Lipinski definition) is 0. The van der Waals surface area contributed by atoms with Gasteiger partial charge in [0.15, 0.2) is 6.10 Å². The maximum atomic E-state index is 12.8. The Bertz CT molecular complexity index is 1210. The lowest BCUT2D eigenvalue weighted by molar-refractivity contribution is -0.167. The summed E-state index contributed by atoms with van der Waals surface area (Å²) in [4.78, 5) is 38.0. The predicted octanol–water partition coefficient (Wildman–Crippen LogP) is 17.8. The van der Waals surface area contributed by atoms with Crippen molar-refractivity contribution in [1.82, 2.24) is 0 Å². The maximum absolute atomic E-state index is 12.8. The number of carbonyl (C=O) groups is 3. The van der Waals surface area contributed by atoms with Crippen molar-refractivity contribution in [1.29, 1.82) is 0 Å². The van der Waals surface area contributed by atoms with E-state index in [0.29, 0.717) is 19.3 Å². The summed E-state index contributed by atoms with van der Waals surface area (Å²) in [5.41, 5.74) is 0. The third kappa shape index (κ3) is 49.9. The molecule has 0 saturated carbocycles. The number of ether oxygens (including phenoxy) is 3. The van der Waals surface area contributed by atoms with Crippen molar-refractivity contribution in [2.24, 2.45) is 0 Å². The summed E-state index contributed by atoms with van der Waals surface area (Å²) in [6.07, 6.45) is 66.0. The van der Waals surface area contributed by atoms with Crippen LogP contribution in [0.2, 0.25) is 0 Å². The van der Waals surface area contributed by atoms with Crippen LogP contribution >= 0.6 is 0 Å². The van der Waals surface area contributed by atoms with Gasteiger partial charge in [-0.2, -0.15) is 0 Å². The van der Waals surface area contributed by atoms with Crippen molar-refractivity contribution < 1.29 is 28.6 Å². The fraction of sp³-hybridized carbons (Fsp3) is 0.741. The highest BCUT2D eigenvalue weighted by molar-refractivity contribution is 5.71. The molecule has 0 amide bonds. The summed E-state index contributed by atoms with van der Waals surface area (Å²) < 4.78 is 16.8. The zero-order valence-electron chi connectivity index (χ0n) is 42.0. The molecule has 0 aliphatic heterocycles. The van der Waals surface area contributed by atoms with E-state index < -0.39 is 6.10 Å². The van der Waals surface area contributed by atoms with Crippen molar-refractivity contribution in [3.8, 4) is 0 Å². The van der Waals surface area contributed by atoms with Gasteiger partial charge in [0.2, 0.25) is 0 Å². The molecular weight excluding hydrogens is 793 g/mol. The van der Waals surface area contributed by atoms with Gasteiger partial charge in [0, 0.05) is 19.3 Å². The first-order chi connectivity index (χ1) is 31.5. The van der Waals surface area contributed by atoms with Gasteiger partial charge >= 0.3 is 17.9 Å². The molecule has 0 aromatic rings. The second-order valence-corrected chi connectivity index (χ2v) is 17.8. The molecule has 1 atom stereocenters. The van der Waals surface area contributed by atoms with Gasteiger partial charge in [-0.15, -0.1) is 0 Å². The number of allylic oxidation sites excluding steroid dienone is 12. The molecule has 6 nitrogen and oxygen atoms in total. The van der Waals surface area contributed by atoms with Crippen LogP contribution in [-0.2, 0) is 28.6 Å². The van der Waals surface area contributed by atoms with Crippen molar-refractivity contribution in [3.63, 3.8) is 0 Å². The van der Waals surface area contributed by atoms with E-state index in [0.717, 1.165) is 116 Å². The molecule has 6 heteroatoms. The zero-order chi connectivity index (χ0) is 46.5. The quantitative estimate of drug-likeness (QED) is 0.0262. The molecule has 0 aliphatic rings. The van der Waals surface area contributed by atoms with E-state index in [1.54, 1.807) is 0 Å². The summed E-state index contributed by atoms with van der Waals surface area (Å²) in [7, 11) is 0. The largest absolute Gasteiger partial charge is 0.462 e. The lowest BCUT2D eigenvalue weighted by atomic mass is 10.0. The number of unbranched alkanes of at least 4 members (excludes halogenated alkanes) is 25. The molecule has 0 bridgehead atoms. The second-order valence-electron chi connectivity index (χ2n) is 17.8. The smallest absolute Gasteiger partial charge is 0.306 e. The number of carbonyl (C=O) groups excluding carboxylic acids is 3. The van der Waals surface area contributed by atoms with Crippen molar-refractivity contribution in [3.05, 3.63) is 72.9 Å². The van der Waals surface area contributed by atoms with E-state index >= 15 is 0 Å². The fourth-order valence-electron chi connectivity index (χ4n) is 7.40. The van der Waals surface area contributed by atoms with Gasteiger partial charge in [-0.25, -0.2) is 0 Å². The van der Waals surface area contributed by atoms with Crippen molar-refractivity contribution in [2.45, 2.75) is 264 Å². The number of hydrogen-bond acceptors (Lipinski definition) is 6. The summed E-state index contributed by atoms with van der Waals surface area (Å²) in [5.74, 6) is -0.907. The molecule has 0 rings (SSSR count). The van der Waals surface area contributed by atoms with Crippen LogP contribution in [0.5, 0.6) is 0 Å². The van der Waals surface area contributed by atoms with Crippen LogP contribution in [0.3, 0.4) is 0 Å². The topological polar surface area (TPSA) is 78.9 Å². The molecule has 0 saturated heterocycles. The molecule has 0 fully saturated rings. The van der Waals surface area contributed by atoms with E-state index in [9.17, 15) is 14.4 Å². The minimum Gasteiger partial charge on any atom is -0.462 e. The van der Waals surface area contributed by atoms with Gasteiger partial charge in [0.25, 0.3) is 0 Å². The van der Waals surface area contributed by atoms with Gasteiger partial charge < -0.3 is 14.2 Å². The maximum Gasteiger partial charge on any atom is 0.306 e. The molecular formula is C58H100O6. The second kappa shape index (κ2) is 52.5. The van der Waals surface area contributed by atoms with E-state index in [4.69, 9.17) is 14.2 Å². The van der Waals surface area contributed by atoms with Crippen LogP contribution in [0.1, 0.15) is 258 Å². The Morgan fingerprint density at radius 2 is 0.609 bits per heavy atom. The van der Waals surface area contributed by atoms with E-state index in [1.165, 1.54) is 103 Å². The van der Waals surface area contributed by atoms with Crippen LogP contribution in [0.15, 0.2) is 72.9 Å². The van der Waals surface area contributed by atoms with E-state index in [2.05, 4.69) is 93.7 Å². The van der Waals surface area contributed by atoms with Crippen LogP contribution in [0.25, 0.3) is 0 Å². The third-order valence-electron chi connectivity index (χ3n) is 11.4. The number of esters is 3. The monoisotopic (exact) mass is 893 g/mol. The van der Waals surface area contributed by atoms with Crippen molar-refractivity contribution >= 4 is 17.9 Å². The standard InChI is InChI=1S/C58H100O6/c1-4-7-10-13-16-19-22-25-26-27-28-29-30-31-32-34-36-39-42-45-48-51-57(60)63-54-55(53-62-56(59)50-47-44-41-38-35-24-21-18-15-12-9-6-3)64-58(61)52-49-46-43-40-37-33-23-20-17-14-11-8-5-2/h7,10,16,18-19,21,25-26,28-29,31-32,55H,4-6,8-9,11-15,17,20,22-24,27,30,33-54H2,1-3H3/b10-7-,19-16-,21-18-,26-25-,29-28-,32-31-. The Balaban J connectivity index is 4.37.